The SMILES string of the molecule is O=C(Cc1ccc([N+](=O)[O-])cc1)N/N=C/C1CC=CCC1. The van der Waals surface area contributed by atoms with E-state index in [-0.39, 0.29) is 18.0 Å². The van der Waals surface area contributed by atoms with E-state index in [4.69, 9.17) is 0 Å². The minimum absolute atomic E-state index is 0.0162. The van der Waals surface area contributed by atoms with Crippen LogP contribution in [0.4, 0.5) is 5.69 Å². The molecule has 1 aromatic carbocycles. The highest BCUT2D eigenvalue weighted by Crippen LogP contribution is 2.15. The molecule has 0 fully saturated rings. The number of hydrogen-bond donors (Lipinski definition) is 1. The first-order valence-corrected chi connectivity index (χ1v) is 6.85. The predicted molar refractivity (Wildman–Crippen MR) is 79.9 cm³/mol. The van der Waals surface area contributed by atoms with E-state index in [0.717, 1.165) is 19.3 Å². The molecule has 1 amide bonds. The molecular weight excluding hydrogens is 270 g/mol. The molecule has 0 saturated heterocycles. The lowest BCUT2D eigenvalue weighted by atomic mass is 9.96. The number of benzene rings is 1. The number of nitrogens with one attached hydrogen (secondary N) is 1. The standard InChI is InChI=1S/C15H17N3O3/c19-15(17-16-11-13-4-2-1-3-5-13)10-12-6-8-14(9-7-12)18(20)21/h1-2,6-9,11,13H,3-5,10H2,(H,17,19)/b16-11+. The monoisotopic (exact) mass is 287 g/mol. The number of non-ortho nitro benzene ring substituents is 1. The number of hydrazone groups is 1. The molecule has 0 bridgehead atoms. The molecule has 1 unspecified atom stereocenters. The van der Waals surface area contributed by atoms with Gasteiger partial charge in [-0.3, -0.25) is 14.9 Å². The minimum Gasteiger partial charge on any atom is -0.273 e. The van der Waals surface area contributed by atoms with Crippen LogP contribution in [0.25, 0.3) is 0 Å². The van der Waals surface area contributed by atoms with Crippen LogP contribution < -0.4 is 5.43 Å². The summed E-state index contributed by atoms with van der Waals surface area (Å²) in [5.41, 5.74) is 3.22. The van der Waals surface area contributed by atoms with E-state index in [0.29, 0.717) is 11.5 Å². The Kier molecular flexibility index (Phi) is 5.20. The molecular formula is C15H17N3O3. The van der Waals surface area contributed by atoms with E-state index in [1.165, 1.54) is 12.1 Å². The van der Waals surface area contributed by atoms with E-state index in [1.54, 1.807) is 18.3 Å². The fourth-order valence-electron chi connectivity index (χ4n) is 2.13. The van der Waals surface area contributed by atoms with Crippen molar-refractivity contribution in [3.05, 3.63) is 52.1 Å². The van der Waals surface area contributed by atoms with Crippen molar-refractivity contribution in [1.29, 1.82) is 0 Å². The van der Waals surface area contributed by atoms with Gasteiger partial charge in [-0.1, -0.05) is 24.3 Å². The number of allylic oxidation sites excluding steroid dienone is 2. The summed E-state index contributed by atoms with van der Waals surface area (Å²) in [6.45, 7) is 0. The summed E-state index contributed by atoms with van der Waals surface area (Å²) >= 11 is 0. The molecule has 0 radical (unpaired) electrons. The van der Waals surface area contributed by atoms with Gasteiger partial charge >= 0.3 is 0 Å². The van der Waals surface area contributed by atoms with Crippen molar-refractivity contribution in [2.45, 2.75) is 25.7 Å². The summed E-state index contributed by atoms with van der Waals surface area (Å²) in [6, 6.07) is 5.93. The molecule has 110 valence electrons. The first-order valence-electron chi connectivity index (χ1n) is 6.85. The van der Waals surface area contributed by atoms with Gasteiger partial charge < -0.3 is 0 Å². The van der Waals surface area contributed by atoms with E-state index in [2.05, 4.69) is 22.7 Å². The maximum absolute atomic E-state index is 11.7. The fraction of sp³-hybridized carbons (Fsp3) is 0.333. The Morgan fingerprint density at radius 2 is 2.14 bits per heavy atom. The van der Waals surface area contributed by atoms with Gasteiger partial charge in [0.25, 0.3) is 5.69 Å². The average Bonchev–Trinajstić information content (AvgIpc) is 2.49. The molecule has 0 saturated carbocycles. The van der Waals surface area contributed by atoms with Crippen LogP contribution in [-0.4, -0.2) is 17.0 Å². The maximum atomic E-state index is 11.7. The summed E-state index contributed by atoms with van der Waals surface area (Å²) in [6.07, 6.45) is 9.26. The lowest BCUT2D eigenvalue weighted by Crippen LogP contribution is -2.20. The average molecular weight is 287 g/mol. The Labute approximate surface area is 122 Å². The van der Waals surface area contributed by atoms with Crippen LogP contribution in [0.2, 0.25) is 0 Å². The molecule has 0 heterocycles. The van der Waals surface area contributed by atoms with Gasteiger partial charge in [0, 0.05) is 18.3 Å². The first kappa shape index (κ1) is 14.9. The number of nitrogens with zero attached hydrogens (tertiary/aromatic N) is 2. The van der Waals surface area contributed by atoms with Crippen molar-refractivity contribution in [1.82, 2.24) is 5.43 Å². The van der Waals surface area contributed by atoms with Gasteiger partial charge in [-0.05, 0) is 30.7 Å². The van der Waals surface area contributed by atoms with E-state index in [1.807, 2.05) is 0 Å². The van der Waals surface area contributed by atoms with E-state index < -0.39 is 4.92 Å². The highest BCUT2D eigenvalue weighted by molar-refractivity contribution is 5.79. The Hall–Kier alpha value is -2.50. The quantitative estimate of drug-likeness (QED) is 0.391. The molecule has 1 N–H and O–H groups in total. The van der Waals surface area contributed by atoms with Crippen LogP contribution in [0.5, 0.6) is 0 Å². The van der Waals surface area contributed by atoms with Crippen LogP contribution in [0, 0.1) is 16.0 Å². The summed E-state index contributed by atoms with van der Waals surface area (Å²) in [5.74, 6) is 0.154. The zero-order chi connectivity index (χ0) is 15.1. The van der Waals surface area contributed by atoms with Crippen molar-refractivity contribution in [2.24, 2.45) is 11.0 Å². The predicted octanol–water partition coefficient (Wildman–Crippen LogP) is 2.60. The normalized spacial score (nSPS) is 17.8. The fourth-order valence-corrected chi connectivity index (χ4v) is 2.13. The second-order valence-electron chi connectivity index (χ2n) is 4.96. The lowest BCUT2D eigenvalue weighted by molar-refractivity contribution is -0.384. The van der Waals surface area contributed by atoms with Crippen LogP contribution in [0.15, 0.2) is 41.5 Å². The molecule has 6 nitrogen and oxygen atoms in total. The number of rotatable bonds is 5. The summed E-state index contributed by atoms with van der Waals surface area (Å²) < 4.78 is 0. The molecule has 6 heteroatoms. The molecule has 1 aromatic rings. The largest absolute Gasteiger partial charge is 0.273 e. The zero-order valence-corrected chi connectivity index (χ0v) is 11.6. The zero-order valence-electron chi connectivity index (χ0n) is 11.6. The molecule has 0 aliphatic heterocycles. The first-order chi connectivity index (χ1) is 10.1. The number of carbonyl (C=O) groups is 1. The van der Waals surface area contributed by atoms with Crippen molar-refractivity contribution in [3.8, 4) is 0 Å². The van der Waals surface area contributed by atoms with Crippen molar-refractivity contribution in [2.75, 3.05) is 0 Å². The Morgan fingerprint density at radius 1 is 1.38 bits per heavy atom. The highest BCUT2D eigenvalue weighted by atomic mass is 16.6. The number of amides is 1. The van der Waals surface area contributed by atoms with Gasteiger partial charge in [0.1, 0.15) is 0 Å². The molecule has 0 aromatic heterocycles. The third-order valence-electron chi connectivity index (χ3n) is 3.30. The van der Waals surface area contributed by atoms with E-state index >= 15 is 0 Å². The highest BCUT2D eigenvalue weighted by Gasteiger charge is 2.08. The van der Waals surface area contributed by atoms with Crippen LogP contribution in [-0.2, 0) is 11.2 Å². The summed E-state index contributed by atoms with van der Waals surface area (Å²) in [5, 5.41) is 14.5. The number of nitro benzene ring substituents is 1. The van der Waals surface area contributed by atoms with Gasteiger partial charge in [-0.15, -0.1) is 0 Å². The molecule has 0 spiro atoms. The van der Waals surface area contributed by atoms with Crippen molar-refractivity contribution < 1.29 is 9.72 Å². The minimum atomic E-state index is -0.466. The topological polar surface area (TPSA) is 84.6 Å². The van der Waals surface area contributed by atoms with E-state index in [9.17, 15) is 14.9 Å². The Bertz CT molecular complexity index is 564. The summed E-state index contributed by atoms with van der Waals surface area (Å²) in [4.78, 5) is 21.8. The second kappa shape index (κ2) is 7.33. The van der Waals surface area contributed by atoms with Crippen LogP contribution >= 0.6 is 0 Å². The molecule has 21 heavy (non-hydrogen) atoms. The molecule has 2 rings (SSSR count). The number of nitro groups is 1. The van der Waals surface area contributed by atoms with Crippen molar-refractivity contribution >= 4 is 17.8 Å². The van der Waals surface area contributed by atoms with Gasteiger partial charge in [0.2, 0.25) is 5.91 Å². The van der Waals surface area contributed by atoms with Crippen molar-refractivity contribution in [3.63, 3.8) is 0 Å². The second-order valence-corrected chi connectivity index (χ2v) is 4.96. The van der Waals surface area contributed by atoms with Crippen LogP contribution in [0.1, 0.15) is 24.8 Å². The lowest BCUT2D eigenvalue weighted by Gasteiger charge is -2.11. The Balaban J connectivity index is 1.79. The molecule has 1 aliphatic rings. The van der Waals surface area contributed by atoms with Gasteiger partial charge in [0.15, 0.2) is 0 Å². The third-order valence-corrected chi connectivity index (χ3v) is 3.30. The maximum Gasteiger partial charge on any atom is 0.269 e. The van der Waals surface area contributed by atoms with Crippen LogP contribution in [0.3, 0.4) is 0 Å². The number of carbonyl (C=O) groups excluding carboxylic acids is 1. The third kappa shape index (κ3) is 4.83. The van der Waals surface area contributed by atoms with Gasteiger partial charge in [-0.25, -0.2) is 5.43 Å². The smallest absolute Gasteiger partial charge is 0.269 e. The summed E-state index contributed by atoms with van der Waals surface area (Å²) in [7, 11) is 0. The molecule has 1 atom stereocenters. The number of hydrogen-bond acceptors (Lipinski definition) is 4. The van der Waals surface area contributed by atoms with Gasteiger partial charge in [-0.2, -0.15) is 5.10 Å². The Morgan fingerprint density at radius 3 is 2.76 bits per heavy atom. The van der Waals surface area contributed by atoms with Gasteiger partial charge in [0.05, 0.1) is 11.3 Å². The molecule has 1 aliphatic carbocycles.